The Labute approximate surface area is 120 Å². The van der Waals surface area contributed by atoms with Crippen molar-refractivity contribution >= 4 is 11.3 Å². The van der Waals surface area contributed by atoms with Crippen LogP contribution in [0.3, 0.4) is 0 Å². The van der Waals surface area contributed by atoms with E-state index in [-0.39, 0.29) is 0 Å². The molecular formula is C16H22N2S. The van der Waals surface area contributed by atoms with E-state index in [4.69, 9.17) is 0 Å². The molecule has 0 aliphatic rings. The summed E-state index contributed by atoms with van der Waals surface area (Å²) in [4.78, 5) is 5.33. The van der Waals surface area contributed by atoms with E-state index < -0.39 is 0 Å². The molecule has 19 heavy (non-hydrogen) atoms. The SMILES string of the molecule is CCN(Cc1ccccc1)Cc1ccc(CNC)s1. The molecule has 3 heteroatoms. The zero-order chi connectivity index (χ0) is 13.5. The van der Waals surface area contributed by atoms with E-state index in [1.165, 1.54) is 15.3 Å². The Balaban J connectivity index is 1.94. The zero-order valence-corrected chi connectivity index (χ0v) is 12.5. The van der Waals surface area contributed by atoms with E-state index in [0.29, 0.717) is 0 Å². The monoisotopic (exact) mass is 274 g/mol. The highest BCUT2D eigenvalue weighted by atomic mass is 32.1. The van der Waals surface area contributed by atoms with Crippen molar-refractivity contribution in [2.45, 2.75) is 26.6 Å². The van der Waals surface area contributed by atoms with Gasteiger partial charge in [-0.3, -0.25) is 4.90 Å². The highest BCUT2D eigenvalue weighted by Crippen LogP contribution is 2.19. The highest BCUT2D eigenvalue weighted by Gasteiger charge is 2.07. The molecule has 1 aromatic heterocycles. The van der Waals surface area contributed by atoms with E-state index in [2.05, 4.69) is 59.6 Å². The van der Waals surface area contributed by atoms with Crippen LogP contribution in [0, 0.1) is 0 Å². The summed E-state index contributed by atoms with van der Waals surface area (Å²) < 4.78 is 0. The third kappa shape index (κ3) is 4.46. The first kappa shape index (κ1) is 14.3. The average Bonchev–Trinajstić information content (AvgIpc) is 2.87. The molecule has 0 saturated heterocycles. The Morgan fingerprint density at radius 3 is 2.42 bits per heavy atom. The maximum atomic E-state index is 3.20. The Bertz CT molecular complexity index is 479. The first-order valence-electron chi connectivity index (χ1n) is 6.80. The quantitative estimate of drug-likeness (QED) is 0.831. The van der Waals surface area contributed by atoms with Gasteiger partial charge in [-0.25, -0.2) is 0 Å². The van der Waals surface area contributed by atoms with E-state index in [1.807, 2.05) is 18.4 Å². The van der Waals surface area contributed by atoms with Gasteiger partial charge >= 0.3 is 0 Å². The number of rotatable bonds is 7. The first-order valence-corrected chi connectivity index (χ1v) is 7.62. The van der Waals surface area contributed by atoms with Crippen molar-refractivity contribution in [1.82, 2.24) is 10.2 Å². The Morgan fingerprint density at radius 2 is 1.74 bits per heavy atom. The molecule has 0 atom stereocenters. The van der Waals surface area contributed by atoms with Crippen molar-refractivity contribution in [3.8, 4) is 0 Å². The second-order valence-electron chi connectivity index (χ2n) is 4.69. The van der Waals surface area contributed by atoms with Crippen LogP contribution >= 0.6 is 11.3 Å². The lowest BCUT2D eigenvalue weighted by Gasteiger charge is -2.19. The summed E-state index contributed by atoms with van der Waals surface area (Å²) >= 11 is 1.91. The fourth-order valence-electron chi connectivity index (χ4n) is 2.12. The van der Waals surface area contributed by atoms with Crippen LogP contribution in [0.25, 0.3) is 0 Å². The Morgan fingerprint density at radius 1 is 1.00 bits per heavy atom. The molecule has 0 unspecified atom stereocenters. The van der Waals surface area contributed by atoms with Gasteiger partial charge < -0.3 is 5.32 Å². The molecule has 1 N–H and O–H groups in total. The summed E-state index contributed by atoms with van der Waals surface area (Å²) in [5.41, 5.74) is 1.39. The van der Waals surface area contributed by atoms with Crippen LogP contribution in [0.15, 0.2) is 42.5 Å². The second-order valence-corrected chi connectivity index (χ2v) is 5.94. The molecule has 102 valence electrons. The largest absolute Gasteiger partial charge is 0.315 e. The van der Waals surface area contributed by atoms with E-state index in [1.54, 1.807) is 0 Å². The van der Waals surface area contributed by atoms with Crippen molar-refractivity contribution in [3.05, 3.63) is 57.8 Å². The maximum absolute atomic E-state index is 3.20. The van der Waals surface area contributed by atoms with E-state index in [0.717, 1.165) is 26.2 Å². The minimum Gasteiger partial charge on any atom is -0.315 e. The molecule has 0 spiro atoms. The number of nitrogens with zero attached hydrogens (tertiary/aromatic N) is 1. The number of thiophene rings is 1. The lowest BCUT2D eigenvalue weighted by molar-refractivity contribution is 0.274. The van der Waals surface area contributed by atoms with Crippen LogP contribution in [0.2, 0.25) is 0 Å². The lowest BCUT2D eigenvalue weighted by atomic mass is 10.2. The van der Waals surface area contributed by atoms with Gasteiger partial charge in [0, 0.05) is 29.4 Å². The summed E-state index contributed by atoms with van der Waals surface area (Å²) in [5.74, 6) is 0. The van der Waals surface area contributed by atoms with Crippen molar-refractivity contribution < 1.29 is 0 Å². The van der Waals surface area contributed by atoms with Crippen molar-refractivity contribution in [2.24, 2.45) is 0 Å². The Kier molecular flexibility index (Phi) is 5.58. The number of hydrogen-bond acceptors (Lipinski definition) is 3. The summed E-state index contributed by atoms with van der Waals surface area (Å²) in [6.07, 6.45) is 0. The van der Waals surface area contributed by atoms with Gasteiger partial charge in [-0.2, -0.15) is 0 Å². The van der Waals surface area contributed by atoms with Gasteiger partial charge in [-0.15, -0.1) is 11.3 Å². The van der Waals surface area contributed by atoms with Gasteiger partial charge in [0.25, 0.3) is 0 Å². The predicted molar refractivity (Wildman–Crippen MR) is 83.3 cm³/mol. The smallest absolute Gasteiger partial charge is 0.0331 e. The second kappa shape index (κ2) is 7.43. The number of benzene rings is 1. The first-order chi connectivity index (χ1) is 9.31. The van der Waals surface area contributed by atoms with Crippen molar-refractivity contribution in [1.29, 1.82) is 0 Å². The summed E-state index contributed by atoms with van der Waals surface area (Å²) in [6, 6.07) is 15.2. The zero-order valence-electron chi connectivity index (χ0n) is 11.7. The molecule has 0 bridgehead atoms. The summed E-state index contributed by atoms with van der Waals surface area (Å²) in [5, 5.41) is 3.20. The van der Waals surface area contributed by atoms with Gasteiger partial charge in [0.1, 0.15) is 0 Å². The summed E-state index contributed by atoms with van der Waals surface area (Å²) in [7, 11) is 1.99. The van der Waals surface area contributed by atoms with Crippen molar-refractivity contribution in [3.63, 3.8) is 0 Å². The third-order valence-corrected chi connectivity index (χ3v) is 4.21. The van der Waals surface area contributed by atoms with Crippen LogP contribution in [0.4, 0.5) is 0 Å². The van der Waals surface area contributed by atoms with E-state index in [9.17, 15) is 0 Å². The lowest BCUT2D eigenvalue weighted by Crippen LogP contribution is -2.21. The number of hydrogen-bond donors (Lipinski definition) is 1. The molecule has 0 aliphatic carbocycles. The molecule has 2 aromatic rings. The molecule has 0 aliphatic heterocycles. The molecular weight excluding hydrogens is 252 g/mol. The maximum Gasteiger partial charge on any atom is 0.0331 e. The molecule has 0 saturated carbocycles. The van der Waals surface area contributed by atoms with Gasteiger partial charge in [0.05, 0.1) is 0 Å². The van der Waals surface area contributed by atoms with Crippen LogP contribution in [-0.4, -0.2) is 18.5 Å². The Hall–Kier alpha value is -1.16. The number of nitrogens with one attached hydrogen (secondary N) is 1. The highest BCUT2D eigenvalue weighted by molar-refractivity contribution is 7.11. The van der Waals surface area contributed by atoms with Gasteiger partial charge in [-0.1, -0.05) is 37.3 Å². The topological polar surface area (TPSA) is 15.3 Å². The molecule has 1 heterocycles. The summed E-state index contributed by atoms with van der Waals surface area (Å²) in [6.45, 7) is 6.34. The van der Waals surface area contributed by atoms with E-state index >= 15 is 0 Å². The fourth-order valence-corrected chi connectivity index (χ4v) is 3.19. The fraction of sp³-hybridized carbons (Fsp3) is 0.375. The van der Waals surface area contributed by atoms with Crippen molar-refractivity contribution in [2.75, 3.05) is 13.6 Å². The van der Waals surface area contributed by atoms with Gasteiger partial charge in [-0.05, 0) is 31.3 Å². The molecule has 2 rings (SSSR count). The van der Waals surface area contributed by atoms with Gasteiger partial charge in [0.15, 0.2) is 0 Å². The molecule has 0 fully saturated rings. The van der Waals surface area contributed by atoms with Gasteiger partial charge in [0.2, 0.25) is 0 Å². The van der Waals surface area contributed by atoms with Crippen LogP contribution in [-0.2, 0) is 19.6 Å². The molecule has 1 aromatic carbocycles. The molecule has 2 nitrogen and oxygen atoms in total. The third-order valence-electron chi connectivity index (χ3n) is 3.14. The molecule has 0 amide bonds. The average molecular weight is 274 g/mol. The minimum atomic E-state index is 0.968. The minimum absolute atomic E-state index is 0.968. The molecule has 0 radical (unpaired) electrons. The van der Waals surface area contributed by atoms with Crippen LogP contribution in [0.5, 0.6) is 0 Å². The van der Waals surface area contributed by atoms with Crippen LogP contribution in [0.1, 0.15) is 22.2 Å². The predicted octanol–water partition coefficient (Wildman–Crippen LogP) is 3.49. The normalized spacial score (nSPS) is 11.1. The van der Waals surface area contributed by atoms with Crippen LogP contribution < -0.4 is 5.32 Å². The standard InChI is InChI=1S/C16H22N2S/c1-3-18(12-14-7-5-4-6-8-14)13-16-10-9-15(19-16)11-17-2/h4-10,17H,3,11-13H2,1-2H3.